The van der Waals surface area contributed by atoms with Crippen LogP contribution in [0.4, 0.5) is 4.39 Å². The molecule has 0 saturated carbocycles. The summed E-state index contributed by atoms with van der Waals surface area (Å²) in [5.74, 6) is 1.66. The van der Waals surface area contributed by atoms with Gasteiger partial charge in [-0.3, -0.25) is 4.90 Å². The highest BCUT2D eigenvalue weighted by atomic mass is 19.1. The minimum absolute atomic E-state index is 0.120. The molecule has 0 radical (unpaired) electrons. The Hall–Kier alpha value is -0.930. The molecule has 0 bridgehead atoms. The molecule has 2 aliphatic heterocycles. The Bertz CT molecular complexity index is 421. The molecule has 3 heteroatoms. The van der Waals surface area contributed by atoms with Gasteiger partial charge in [0.25, 0.3) is 0 Å². The molecule has 1 N–H and O–H groups in total. The molecule has 20 heavy (non-hydrogen) atoms. The predicted octanol–water partition coefficient (Wildman–Crippen LogP) is 3.04. The number of halogens is 1. The van der Waals surface area contributed by atoms with Crippen LogP contribution in [0.5, 0.6) is 0 Å². The third-order valence-electron chi connectivity index (χ3n) is 4.93. The molecule has 0 aliphatic carbocycles. The van der Waals surface area contributed by atoms with E-state index in [0.717, 1.165) is 37.0 Å². The van der Waals surface area contributed by atoms with Crippen molar-refractivity contribution in [2.75, 3.05) is 26.2 Å². The summed E-state index contributed by atoms with van der Waals surface area (Å²) in [5.41, 5.74) is 1.10. The fraction of sp³-hybridized carbons (Fsp3) is 0.647. The molecular weight excluding hydrogens is 251 g/mol. The van der Waals surface area contributed by atoms with E-state index in [-0.39, 0.29) is 5.82 Å². The number of nitrogens with zero attached hydrogens (tertiary/aromatic N) is 1. The zero-order valence-corrected chi connectivity index (χ0v) is 12.2. The van der Waals surface area contributed by atoms with E-state index in [1.807, 2.05) is 12.1 Å². The SMILES string of the molecule is Fc1cccc(CN2CCC(C3CCCNC3)CC2)c1. The standard InChI is InChI=1S/C17H25FN2/c18-17-5-1-3-14(11-17)13-20-9-6-15(7-10-20)16-4-2-8-19-12-16/h1,3,5,11,15-16,19H,2,4,6-10,12-13H2. The molecule has 0 aromatic heterocycles. The molecule has 1 aromatic rings. The summed E-state index contributed by atoms with van der Waals surface area (Å²) < 4.78 is 13.2. The van der Waals surface area contributed by atoms with E-state index in [9.17, 15) is 4.39 Å². The van der Waals surface area contributed by atoms with Gasteiger partial charge in [-0.2, -0.15) is 0 Å². The molecule has 2 nitrogen and oxygen atoms in total. The Morgan fingerprint density at radius 1 is 1.15 bits per heavy atom. The lowest BCUT2D eigenvalue weighted by molar-refractivity contribution is 0.128. The van der Waals surface area contributed by atoms with Gasteiger partial charge in [-0.25, -0.2) is 4.39 Å². The van der Waals surface area contributed by atoms with Gasteiger partial charge in [0.2, 0.25) is 0 Å². The summed E-state index contributed by atoms with van der Waals surface area (Å²) in [4.78, 5) is 2.47. The van der Waals surface area contributed by atoms with E-state index >= 15 is 0 Å². The zero-order chi connectivity index (χ0) is 13.8. The van der Waals surface area contributed by atoms with Crippen LogP contribution in [0.2, 0.25) is 0 Å². The lowest BCUT2D eigenvalue weighted by atomic mass is 9.80. The van der Waals surface area contributed by atoms with Gasteiger partial charge in [0.05, 0.1) is 0 Å². The van der Waals surface area contributed by atoms with E-state index < -0.39 is 0 Å². The van der Waals surface area contributed by atoms with E-state index in [1.165, 1.54) is 44.8 Å². The summed E-state index contributed by atoms with van der Waals surface area (Å²) in [5, 5.41) is 3.53. The first kappa shape index (κ1) is 14.0. The first-order valence-electron chi connectivity index (χ1n) is 7.99. The predicted molar refractivity (Wildman–Crippen MR) is 80.0 cm³/mol. The number of rotatable bonds is 3. The van der Waals surface area contributed by atoms with Crippen LogP contribution in [0, 0.1) is 17.7 Å². The van der Waals surface area contributed by atoms with Crippen LogP contribution in [0.25, 0.3) is 0 Å². The third-order valence-corrected chi connectivity index (χ3v) is 4.93. The van der Waals surface area contributed by atoms with E-state index in [0.29, 0.717) is 0 Å². The molecule has 2 saturated heterocycles. The van der Waals surface area contributed by atoms with Crippen LogP contribution in [-0.2, 0) is 6.54 Å². The lowest BCUT2D eigenvalue weighted by Gasteiger charge is -2.37. The summed E-state index contributed by atoms with van der Waals surface area (Å²) in [7, 11) is 0. The average Bonchev–Trinajstić information content (AvgIpc) is 2.49. The van der Waals surface area contributed by atoms with Crippen molar-refractivity contribution >= 4 is 0 Å². The quantitative estimate of drug-likeness (QED) is 0.913. The second-order valence-electron chi connectivity index (χ2n) is 6.35. The van der Waals surface area contributed by atoms with Crippen LogP contribution >= 0.6 is 0 Å². The van der Waals surface area contributed by atoms with Gasteiger partial charge in [-0.15, -0.1) is 0 Å². The number of benzene rings is 1. The van der Waals surface area contributed by atoms with Crippen LogP contribution in [0.15, 0.2) is 24.3 Å². The van der Waals surface area contributed by atoms with Gasteiger partial charge in [0, 0.05) is 6.54 Å². The molecule has 2 aliphatic rings. The Balaban J connectivity index is 1.48. The van der Waals surface area contributed by atoms with E-state index in [2.05, 4.69) is 10.2 Å². The molecule has 2 heterocycles. The van der Waals surface area contributed by atoms with Crippen molar-refractivity contribution in [1.82, 2.24) is 10.2 Å². The van der Waals surface area contributed by atoms with Gasteiger partial charge >= 0.3 is 0 Å². The molecule has 110 valence electrons. The number of likely N-dealkylation sites (tertiary alicyclic amines) is 1. The number of hydrogen-bond donors (Lipinski definition) is 1. The van der Waals surface area contributed by atoms with Crippen molar-refractivity contribution in [1.29, 1.82) is 0 Å². The van der Waals surface area contributed by atoms with Crippen molar-refractivity contribution in [2.24, 2.45) is 11.8 Å². The van der Waals surface area contributed by atoms with Crippen molar-refractivity contribution in [2.45, 2.75) is 32.2 Å². The Labute approximate surface area is 121 Å². The maximum absolute atomic E-state index is 13.2. The highest BCUT2D eigenvalue weighted by Crippen LogP contribution is 2.29. The molecule has 2 fully saturated rings. The highest BCUT2D eigenvalue weighted by molar-refractivity contribution is 5.16. The van der Waals surface area contributed by atoms with Gasteiger partial charge < -0.3 is 5.32 Å². The molecule has 0 spiro atoms. The molecular formula is C17H25FN2. The second-order valence-corrected chi connectivity index (χ2v) is 6.35. The normalized spacial score (nSPS) is 25.8. The average molecular weight is 276 g/mol. The van der Waals surface area contributed by atoms with Crippen molar-refractivity contribution in [3.05, 3.63) is 35.6 Å². The van der Waals surface area contributed by atoms with Crippen molar-refractivity contribution < 1.29 is 4.39 Å². The highest BCUT2D eigenvalue weighted by Gasteiger charge is 2.27. The van der Waals surface area contributed by atoms with Gasteiger partial charge in [0.1, 0.15) is 5.82 Å². The summed E-state index contributed by atoms with van der Waals surface area (Å²) in [6.07, 6.45) is 5.36. The fourth-order valence-electron chi connectivity index (χ4n) is 3.76. The van der Waals surface area contributed by atoms with Crippen molar-refractivity contribution in [3.8, 4) is 0 Å². The topological polar surface area (TPSA) is 15.3 Å². The van der Waals surface area contributed by atoms with Crippen LogP contribution in [0.3, 0.4) is 0 Å². The van der Waals surface area contributed by atoms with Crippen LogP contribution < -0.4 is 5.32 Å². The lowest BCUT2D eigenvalue weighted by Crippen LogP contribution is -2.40. The van der Waals surface area contributed by atoms with Crippen molar-refractivity contribution in [3.63, 3.8) is 0 Å². The fourth-order valence-corrected chi connectivity index (χ4v) is 3.76. The van der Waals surface area contributed by atoms with Crippen LogP contribution in [-0.4, -0.2) is 31.1 Å². The molecule has 1 aromatic carbocycles. The van der Waals surface area contributed by atoms with E-state index in [4.69, 9.17) is 0 Å². The first-order valence-corrected chi connectivity index (χ1v) is 7.99. The molecule has 0 amide bonds. The second kappa shape index (κ2) is 6.68. The monoisotopic (exact) mass is 276 g/mol. The molecule has 1 unspecified atom stereocenters. The Morgan fingerprint density at radius 2 is 2.00 bits per heavy atom. The summed E-state index contributed by atoms with van der Waals surface area (Å²) in [6.45, 7) is 5.65. The Morgan fingerprint density at radius 3 is 2.70 bits per heavy atom. The minimum Gasteiger partial charge on any atom is -0.316 e. The maximum Gasteiger partial charge on any atom is 0.123 e. The van der Waals surface area contributed by atoms with Gasteiger partial charge in [-0.05, 0) is 81.4 Å². The van der Waals surface area contributed by atoms with Crippen LogP contribution in [0.1, 0.15) is 31.2 Å². The van der Waals surface area contributed by atoms with Gasteiger partial charge in [-0.1, -0.05) is 12.1 Å². The largest absolute Gasteiger partial charge is 0.316 e. The Kier molecular flexibility index (Phi) is 4.69. The minimum atomic E-state index is -0.120. The number of nitrogens with one attached hydrogen (secondary N) is 1. The maximum atomic E-state index is 13.2. The molecule has 3 rings (SSSR count). The summed E-state index contributed by atoms with van der Waals surface area (Å²) >= 11 is 0. The molecule has 1 atom stereocenters. The first-order chi connectivity index (χ1) is 9.81. The zero-order valence-electron chi connectivity index (χ0n) is 12.2. The van der Waals surface area contributed by atoms with Gasteiger partial charge in [0.15, 0.2) is 0 Å². The number of hydrogen-bond acceptors (Lipinski definition) is 2. The smallest absolute Gasteiger partial charge is 0.123 e. The number of piperidine rings is 2. The van der Waals surface area contributed by atoms with E-state index in [1.54, 1.807) is 6.07 Å². The third kappa shape index (κ3) is 3.58. The summed E-state index contributed by atoms with van der Waals surface area (Å²) in [6, 6.07) is 7.02.